The second-order valence-corrected chi connectivity index (χ2v) is 3.95. The van der Waals surface area contributed by atoms with Gasteiger partial charge in [0.05, 0.1) is 18.1 Å². The molecule has 0 saturated carbocycles. The van der Waals surface area contributed by atoms with E-state index in [1.807, 2.05) is 37.2 Å². The maximum absolute atomic E-state index is 6.03. The van der Waals surface area contributed by atoms with Crippen LogP contribution in [0, 0.1) is 0 Å². The molecular formula is C11H12ClN3O. The number of hydrogen-bond donors (Lipinski definition) is 0. The number of hydrogen-bond acceptors (Lipinski definition) is 4. The summed E-state index contributed by atoms with van der Waals surface area (Å²) in [6.45, 7) is 0. The Morgan fingerprint density at radius 2 is 1.94 bits per heavy atom. The van der Waals surface area contributed by atoms with Crippen molar-refractivity contribution in [1.82, 2.24) is 9.97 Å². The van der Waals surface area contributed by atoms with Crippen LogP contribution in [0.1, 0.15) is 0 Å². The molecule has 0 aliphatic heterocycles. The van der Waals surface area contributed by atoms with Crippen molar-refractivity contribution in [1.29, 1.82) is 0 Å². The van der Waals surface area contributed by atoms with Gasteiger partial charge < -0.3 is 9.64 Å². The van der Waals surface area contributed by atoms with Gasteiger partial charge >= 0.3 is 0 Å². The second-order valence-electron chi connectivity index (χ2n) is 3.59. The molecule has 0 fully saturated rings. The number of benzene rings is 1. The number of halogens is 1. The number of nitrogens with zero attached hydrogens (tertiary/aromatic N) is 3. The van der Waals surface area contributed by atoms with Gasteiger partial charge in [0.2, 0.25) is 0 Å². The molecule has 1 aromatic carbocycles. The minimum absolute atomic E-state index is 0.405. The molecule has 1 heterocycles. The van der Waals surface area contributed by atoms with Gasteiger partial charge in [-0.15, -0.1) is 0 Å². The Hall–Kier alpha value is -1.55. The number of rotatable bonds is 2. The van der Waals surface area contributed by atoms with E-state index < -0.39 is 0 Å². The zero-order valence-corrected chi connectivity index (χ0v) is 10.1. The molecule has 1 aromatic heterocycles. The normalized spacial score (nSPS) is 10.5. The van der Waals surface area contributed by atoms with Crippen LogP contribution in [-0.4, -0.2) is 31.2 Å². The van der Waals surface area contributed by atoms with Gasteiger partial charge in [-0.1, -0.05) is 11.6 Å². The number of ether oxygens (including phenoxy) is 1. The first-order valence-corrected chi connectivity index (χ1v) is 5.18. The second kappa shape index (κ2) is 4.14. The van der Waals surface area contributed by atoms with Crippen LogP contribution in [0.3, 0.4) is 0 Å². The minimum Gasteiger partial charge on any atom is -0.497 e. The van der Waals surface area contributed by atoms with Gasteiger partial charge in [-0.3, -0.25) is 0 Å². The molecular weight excluding hydrogens is 226 g/mol. The van der Waals surface area contributed by atoms with E-state index in [2.05, 4.69) is 9.97 Å². The Morgan fingerprint density at radius 1 is 1.19 bits per heavy atom. The van der Waals surface area contributed by atoms with Crippen LogP contribution in [0.15, 0.2) is 18.2 Å². The molecule has 0 N–H and O–H groups in total. The molecule has 0 saturated heterocycles. The van der Waals surface area contributed by atoms with Crippen molar-refractivity contribution < 1.29 is 4.74 Å². The third kappa shape index (κ3) is 1.88. The molecule has 16 heavy (non-hydrogen) atoms. The fourth-order valence-corrected chi connectivity index (χ4v) is 1.72. The van der Waals surface area contributed by atoms with Crippen molar-refractivity contribution in [2.75, 3.05) is 26.1 Å². The summed E-state index contributed by atoms with van der Waals surface area (Å²) in [6.07, 6.45) is 0. The highest BCUT2D eigenvalue weighted by Gasteiger charge is 2.08. The lowest BCUT2D eigenvalue weighted by Crippen LogP contribution is -2.12. The molecule has 0 amide bonds. The van der Waals surface area contributed by atoms with Crippen LogP contribution in [0.2, 0.25) is 5.15 Å². The lowest BCUT2D eigenvalue weighted by atomic mass is 10.3. The molecule has 0 aliphatic carbocycles. The Morgan fingerprint density at radius 3 is 2.56 bits per heavy atom. The van der Waals surface area contributed by atoms with Crippen molar-refractivity contribution in [3.05, 3.63) is 23.4 Å². The molecule has 0 aliphatic rings. The van der Waals surface area contributed by atoms with E-state index in [0.717, 1.165) is 16.8 Å². The van der Waals surface area contributed by atoms with Gasteiger partial charge in [0.25, 0.3) is 0 Å². The fourth-order valence-electron chi connectivity index (χ4n) is 1.41. The highest BCUT2D eigenvalue weighted by atomic mass is 35.5. The van der Waals surface area contributed by atoms with Crippen molar-refractivity contribution in [2.24, 2.45) is 0 Å². The van der Waals surface area contributed by atoms with Crippen LogP contribution in [0.4, 0.5) is 5.82 Å². The van der Waals surface area contributed by atoms with E-state index >= 15 is 0 Å². The van der Waals surface area contributed by atoms with Crippen LogP contribution >= 0.6 is 11.6 Å². The monoisotopic (exact) mass is 237 g/mol. The minimum atomic E-state index is 0.405. The van der Waals surface area contributed by atoms with Crippen molar-refractivity contribution >= 4 is 28.5 Å². The molecule has 0 atom stereocenters. The summed E-state index contributed by atoms with van der Waals surface area (Å²) in [5.41, 5.74) is 1.53. The van der Waals surface area contributed by atoms with E-state index in [0.29, 0.717) is 11.0 Å². The zero-order valence-electron chi connectivity index (χ0n) is 9.36. The summed E-state index contributed by atoms with van der Waals surface area (Å²) in [6, 6.07) is 5.51. The number of fused-ring (bicyclic) bond motifs is 1. The summed E-state index contributed by atoms with van der Waals surface area (Å²) >= 11 is 6.03. The molecule has 2 rings (SSSR count). The maximum atomic E-state index is 6.03. The standard InChI is InChI=1S/C11H12ClN3O/c1-15(2)11-10(12)13-8-5-4-7(16-3)6-9(8)14-11/h4-6H,1-3H3. The molecule has 0 radical (unpaired) electrons. The Balaban J connectivity index is 2.65. The summed E-state index contributed by atoms with van der Waals surface area (Å²) < 4.78 is 5.14. The van der Waals surface area contributed by atoms with Gasteiger partial charge in [-0.2, -0.15) is 0 Å². The first kappa shape index (κ1) is 11.0. The Labute approximate surface area is 98.8 Å². The SMILES string of the molecule is COc1ccc2nc(Cl)c(N(C)C)nc2c1. The molecule has 0 bridgehead atoms. The Bertz CT molecular complexity index is 528. The van der Waals surface area contributed by atoms with Crippen LogP contribution in [0.25, 0.3) is 11.0 Å². The van der Waals surface area contributed by atoms with E-state index in [1.165, 1.54) is 0 Å². The molecule has 0 spiro atoms. The molecule has 4 nitrogen and oxygen atoms in total. The quantitative estimate of drug-likeness (QED) is 0.804. The fraction of sp³-hybridized carbons (Fsp3) is 0.273. The summed E-state index contributed by atoms with van der Waals surface area (Å²) in [4.78, 5) is 10.5. The third-order valence-corrected chi connectivity index (χ3v) is 2.49. The number of methoxy groups -OCH3 is 1. The van der Waals surface area contributed by atoms with Crippen molar-refractivity contribution in [3.63, 3.8) is 0 Å². The van der Waals surface area contributed by atoms with Gasteiger partial charge in [-0.05, 0) is 12.1 Å². The smallest absolute Gasteiger partial charge is 0.172 e. The lowest BCUT2D eigenvalue weighted by Gasteiger charge is -2.13. The third-order valence-electron chi connectivity index (χ3n) is 2.24. The predicted octanol–water partition coefficient (Wildman–Crippen LogP) is 2.36. The van der Waals surface area contributed by atoms with Crippen LogP contribution < -0.4 is 9.64 Å². The largest absolute Gasteiger partial charge is 0.497 e. The van der Waals surface area contributed by atoms with E-state index in [9.17, 15) is 0 Å². The van der Waals surface area contributed by atoms with E-state index in [1.54, 1.807) is 7.11 Å². The first-order chi connectivity index (χ1) is 7.61. The van der Waals surface area contributed by atoms with Crippen LogP contribution in [-0.2, 0) is 0 Å². The zero-order chi connectivity index (χ0) is 11.7. The van der Waals surface area contributed by atoms with Gasteiger partial charge in [0.15, 0.2) is 11.0 Å². The Kier molecular flexibility index (Phi) is 2.83. The lowest BCUT2D eigenvalue weighted by molar-refractivity contribution is 0.415. The molecule has 5 heteroatoms. The predicted molar refractivity (Wildman–Crippen MR) is 65.4 cm³/mol. The van der Waals surface area contributed by atoms with Crippen molar-refractivity contribution in [2.45, 2.75) is 0 Å². The topological polar surface area (TPSA) is 38.2 Å². The number of aromatic nitrogens is 2. The molecule has 2 aromatic rings. The first-order valence-electron chi connectivity index (χ1n) is 4.80. The van der Waals surface area contributed by atoms with Crippen molar-refractivity contribution in [3.8, 4) is 5.75 Å². The van der Waals surface area contributed by atoms with Gasteiger partial charge in [-0.25, -0.2) is 9.97 Å². The van der Waals surface area contributed by atoms with E-state index in [-0.39, 0.29) is 0 Å². The number of anilines is 1. The summed E-state index contributed by atoms with van der Waals surface area (Å²) in [7, 11) is 5.38. The summed E-state index contributed by atoms with van der Waals surface area (Å²) in [5, 5.41) is 0.405. The summed E-state index contributed by atoms with van der Waals surface area (Å²) in [5.74, 6) is 1.41. The average Bonchev–Trinajstić information content (AvgIpc) is 2.27. The average molecular weight is 238 g/mol. The highest BCUT2D eigenvalue weighted by molar-refractivity contribution is 6.32. The highest BCUT2D eigenvalue weighted by Crippen LogP contribution is 2.25. The molecule has 0 unspecified atom stereocenters. The van der Waals surface area contributed by atoms with Gasteiger partial charge in [0.1, 0.15) is 5.75 Å². The van der Waals surface area contributed by atoms with Crippen LogP contribution in [0.5, 0.6) is 5.75 Å². The molecule has 84 valence electrons. The maximum Gasteiger partial charge on any atom is 0.172 e. The van der Waals surface area contributed by atoms with Gasteiger partial charge in [0, 0.05) is 20.2 Å². The van der Waals surface area contributed by atoms with E-state index in [4.69, 9.17) is 16.3 Å².